The molecule has 137 valence electrons. The van der Waals surface area contributed by atoms with Crippen molar-refractivity contribution in [1.82, 2.24) is 0 Å². The van der Waals surface area contributed by atoms with E-state index in [1.807, 2.05) is 6.07 Å². The van der Waals surface area contributed by atoms with Crippen LogP contribution < -0.4 is 0 Å². The molecule has 2 aromatic carbocycles. The molecule has 0 bridgehead atoms. The van der Waals surface area contributed by atoms with Gasteiger partial charge in [0.25, 0.3) is 0 Å². The summed E-state index contributed by atoms with van der Waals surface area (Å²) in [5, 5.41) is 0. The van der Waals surface area contributed by atoms with Crippen molar-refractivity contribution in [1.29, 1.82) is 0 Å². The van der Waals surface area contributed by atoms with Gasteiger partial charge in [0, 0.05) is 5.56 Å². The first-order valence-corrected chi connectivity index (χ1v) is 10.1. The summed E-state index contributed by atoms with van der Waals surface area (Å²) in [6, 6.07) is 18.1. The van der Waals surface area contributed by atoms with Gasteiger partial charge in [-0.05, 0) is 53.4 Å². The third kappa shape index (κ3) is 3.92. The maximum absolute atomic E-state index is 13.7. The quantitative estimate of drug-likeness (QED) is 0.520. The minimum atomic E-state index is -0.0190. The SMILES string of the molecule is CC(C)c1[c]c(C(C)C)c(C(=O)C(c2ccccc2)C2CCCC2)cc1. The van der Waals surface area contributed by atoms with Gasteiger partial charge in [-0.3, -0.25) is 4.79 Å². The Kier molecular flexibility index (Phi) is 5.96. The Hall–Kier alpha value is -1.89. The largest absolute Gasteiger partial charge is 0.293 e. The number of Topliss-reactive ketones (excluding diaryl/α,β-unsaturated/α-hetero) is 1. The molecule has 3 rings (SSSR count). The van der Waals surface area contributed by atoms with Gasteiger partial charge in [0.05, 0.1) is 5.92 Å². The zero-order valence-corrected chi connectivity index (χ0v) is 16.6. The number of rotatable bonds is 6. The Bertz CT molecular complexity index is 736. The number of carbonyl (C=O) groups excluding carboxylic acids is 1. The second-order valence-corrected chi connectivity index (χ2v) is 8.35. The van der Waals surface area contributed by atoms with Crippen molar-refractivity contribution < 1.29 is 4.79 Å². The van der Waals surface area contributed by atoms with E-state index >= 15 is 0 Å². The minimum Gasteiger partial charge on any atom is -0.293 e. The molecule has 1 fully saturated rings. The van der Waals surface area contributed by atoms with Crippen molar-refractivity contribution in [3.8, 4) is 0 Å². The molecule has 1 atom stereocenters. The van der Waals surface area contributed by atoms with Gasteiger partial charge in [0.2, 0.25) is 0 Å². The molecule has 0 N–H and O–H groups in total. The number of carbonyl (C=O) groups is 1. The molecular formula is C25H31O. The molecular weight excluding hydrogens is 316 g/mol. The van der Waals surface area contributed by atoms with Crippen molar-refractivity contribution in [3.63, 3.8) is 0 Å². The van der Waals surface area contributed by atoms with Crippen LogP contribution in [0.1, 0.15) is 98.2 Å². The van der Waals surface area contributed by atoms with E-state index in [1.165, 1.54) is 24.0 Å². The summed E-state index contributed by atoms with van der Waals surface area (Å²) in [5.41, 5.74) is 4.33. The summed E-state index contributed by atoms with van der Waals surface area (Å²) in [6.45, 7) is 8.70. The summed E-state index contributed by atoms with van der Waals surface area (Å²) in [6.07, 6.45) is 4.82. The lowest BCUT2D eigenvalue weighted by atomic mass is 9.77. The van der Waals surface area contributed by atoms with Crippen LogP contribution in [0.4, 0.5) is 0 Å². The second kappa shape index (κ2) is 8.20. The zero-order valence-electron chi connectivity index (χ0n) is 16.6. The van der Waals surface area contributed by atoms with Crippen LogP contribution >= 0.6 is 0 Å². The van der Waals surface area contributed by atoms with E-state index in [0.717, 1.165) is 24.0 Å². The van der Waals surface area contributed by atoms with Crippen molar-refractivity contribution in [2.75, 3.05) is 0 Å². The molecule has 0 amide bonds. The van der Waals surface area contributed by atoms with Crippen LogP contribution in [0.2, 0.25) is 0 Å². The van der Waals surface area contributed by atoms with Crippen molar-refractivity contribution >= 4 is 5.78 Å². The van der Waals surface area contributed by atoms with Gasteiger partial charge < -0.3 is 0 Å². The molecule has 26 heavy (non-hydrogen) atoms. The van der Waals surface area contributed by atoms with E-state index < -0.39 is 0 Å². The molecule has 0 spiro atoms. The van der Waals surface area contributed by atoms with E-state index in [0.29, 0.717) is 23.5 Å². The summed E-state index contributed by atoms with van der Waals surface area (Å²) < 4.78 is 0. The highest BCUT2D eigenvalue weighted by molar-refractivity contribution is 6.02. The van der Waals surface area contributed by atoms with Crippen LogP contribution in [0.15, 0.2) is 42.5 Å². The number of ketones is 1. The Morgan fingerprint density at radius 3 is 2.15 bits per heavy atom. The fourth-order valence-electron chi connectivity index (χ4n) is 4.29. The van der Waals surface area contributed by atoms with Gasteiger partial charge in [-0.2, -0.15) is 0 Å². The predicted molar refractivity (Wildman–Crippen MR) is 109 cm³/mol. The average molecular weight is 348 g/mol. The smallest absolute Gasteiger partial charge is 0.170 e. The Labute approximate surface area is 158 Å². The predicted octanol–water partition coefficient (Wildman–Crippen LogP) is 6.89. The molecule has 1 nitrogen and oxygen atoms in total. The standard InChI is InChI=1S/C25H31O/c1-17(2)21-14-15-22(23(16-21)18(3)4)25(26)24(20-12-8-9-13-20)19-10-6-5-7-11-19/h5-7,10-11,14-15,17-18,20,24H,8-9,12-13H2,1-4H3. The van der Waals surface area contributed by atoms with Crippen molar-refractivity contribution in [2.45, 2.75) is 71.1 Å². The maximum atomic E-state index is 13.7. The normalized spacial score (nSPS) is 16.4. The molecule has 1 aliphatic rings. The number of hydrogen-bond acceptors (Lipinski definition) is 1. The average Bonchev–Trinajstić information content (AvgIpc) is 3.16. The Balaban J connectivity index is 2.04. The first-order valence-electron chi connectivity index (χ1n) is 10.1. The van der Waals surface area contributed by atoms with E-state index in [2.05, 4.69) is 70.2 Å². The van der Waals surface area contributed by atoms with Gasteiger partial charge in [-0.15, -0.1) is 0 Å². The van der Waals surface area contributed by atoms with Gasteiger partial charge >= 0.3 is 0 Å². The zero-order chi connectivity index (χ0) is 18.7. The molecule has 1 heteroatoms. The first kappa shape index (κ1) is 18.9. The van der Waals surface area contributed by atoms with Crippen molar-refractivity contribution in [3.05, 3.63) is 70.8 Å². The van der Waals surface area contributed by atoms with E-state index in [-0.39, 0.29) is 5.92 Å². The lowest BCUT2D eigenvalue weighted by Gasteiger charge is -2.25. The minimum absolute atomic E-state index is 0.0190. The van der Waals surface area contributed by atoms with E-state index in [9.17, 15) is 4.79 Å². The van der Waals surface area contributed by atoms with Crippen LogP contribution in [0.5, 0.6) is 0 Å². The molecule has 1 radical (unpaired) electrons. The molecule has 1 aliphatic carbocycles. The molecule has 0 aromatic heterocycles. The first-order chi connectivity index (χ1) is 12.5. The summed E-state index contributed by atoms with van der Waals surface area (Å²) in [7, 11) is 0. The third-order valence-electron chi connectivity index (χ3n) is 5.78. The number of benzene rings is 2. The lowest BCUT2D eigenvalue weighted by Crippen LogP contribution is -2.22. The fourth-order valence-corrected chi connectivity index (χ4v) is 4.29. The summed E-state index contributed by atoms with van der Waals surface area (Å²) >= 11 is 0. The summed E-state index contributed by atoms with van der Waals surface area (Å²) in [4.78, 5) is 13.7. The van der Waals surface area contributed by atoms with Crippen LogP contribution in [0.25, 0.3) is 0 Å². The van der Waals surface area contributed by atoms with Crippen LogP contribution in [0, 0.1) is 12.0 Å². The Morgan fingerprint density at radius 1 is 0.923 bits per heavy atom. The molecule has 1 saturated carbocycles. The Morgan fingerprint density at radius 2 is 1.58 bits per heavy atom. The highest BCUT2D eigenvalue weighted by Gasteiger charge is 2.33. The molecule has 0 heterocycles. The molecule has 0 saturated heterocycles. The van der Waals surface area contributed by atoms with Gasteiger partial charge in [0.1, 0.15) is 0 Å². The lowest BCUT2D eigenvalue weighted by molar-refractivity contribution is 0.0928. The molecule has 0 aliphatic heterocycles. The van der Waals surface area contributed by atoms with Gasteiger partial charge in [-0.1, -0.05) is 83.0 Å². The van der Waals surface area contributed by atoms with Gasteiger partial charge in [0.15, 0.2) is 5.78 Å². The number of hydrogen-bond donors (Lipinski definition) is 0. The van der Waals surface area contributed by atoms with Crippen LogP contribution in [0.3, 0.4) is 0 Å². The second-order valence-electron chi connectivity index (χ2n) is 8.35. The third-order valence-corrected chi connectivity index (χ3v) is 5.78. The fraction of sp³-hybridized carbons (Fsp3) is 0.480. The van der Waals surface area contributed by atoms with E-state index in [1.54, 1.807) is 0 Å². The highest BCUT2D eigenvalue weighted by Crippen LogP contribution is 2.40. The van der Waals surface area contributed by atoms with Gasteiger partial charge in [-0.25, -0.2) is 0 Å². The topological polar surface area (TPSA) is 17.1 Å². The maximum Gasteiger partial charge on any atom is 0.170 e. The van der Waals surface area contributed by atoms with Crippen LogP contribution in [-0.2, 0) is 0 Å². The van der Waals surface area contributed by atoms with E-state index in [4.69, 9.17) is 0 Å². The molecule has 1 unspecified atom stereocenters. The summed E-state index contributed by atoms with van der Waals surface area (Å²) in [5.74, 6) is 1.46. The molecule has 2 aromatic rings. The van der Waals surface area contributed by atoms with Crippen LogP contribution in [-0.4, -0.2) is 5.78 Å². The highest BCUT2D eigenvalue weighted by atomic mass is 16.1. The monoisotopic (exact) mass is 347 g/mol. The van der Waals surface area contributed by atoms with Crippen molar-refractivity contribution in [2.24, 2.45) is 5.92 Å².